The van der Waals surface area contributed by atoms with Crippen LogP contribution in [0.2, 0.25) is 0 Å². The summed E-state index contributed by atoms with van der Waals surface area (Å²) in [7, 11) is 1.59. The molecule has 2 rings (SSSR count). The van der Waals surface area contributed by atoms with Gasteiger partial charge in [-0.25, -0.2) is 4.79 Å². The van der Waals surface area contributed by atoms with Crippen LogP contribution in [0, 0.1) is 3.57 Å². The molecule has 0 aliphatic heterocycles. The van der Waals surface area contributed by atoms with Gasteiger partial charge in [-0.05, 0) is 52.9 Å². The Hall–Kier alpha value is -1.76. The van der Waals surface area contributed by atoms with Gasteiger partial charge in [-0.15, -0.1) is 0 Å². The molecule has 110 valence electrons. The molecule has 0 saturated heterocycles. The first-order valence-corrected chi connectivity index (χ1v) is 7.47. The Labute approximate surface area is 137 Å². The van der Waals surface area contributed by atoms with Crippen molar-refractivity contribution < 1.29 is 19.0 Å². The van der Waals surface area contributed by atoms with Gasteiger partial charge in [0.15, 0.2) is 0 Å². The minimum atomic E-state index is -0.368. The molecule has 0 fully saturated rings. The lowest BCUT2D eigenvalue weighted by molar-refractivity contribution is 0.0450. The molecule has 0 aromatic heterocycles. The molecule has 0 saturated carbocycles. The smallest absolute Gasteiger partial charge is 0.338 e. The minimum Gasteiger partial charge on any atom is -0.496 e. The Kier molecular flexibility index (Phi) is 5.86. The fourth-order valence-corrected chi connectivity index (χ4v) is 2.42. The lowest BCUT2D eigenvalue weighted by atomic mass is 10.2. The molecule has 0 radical (unpaired) electrons. The Morgan fingerprint density at radius 2 is 1.86 bits per heavy atom. The maximum Gasteiger partial charge on any atom is 0.338 e. The van der Waals surface area contributed by atoms with Gasteiger partial charge in [0.2, 0.25) is 0 Å². The number of hydrogen-bond acceptors (Lipinski definition) is 4. The second-order valence-electron chi connectivity index (χ2n) is 4.15. The number of benzene rings is 2. The van der Waals surface area contributed by atoms with Crippen LogP contribution in [0.5, 0.6) is 11.5 Å². The van der Waals surface area contributed by atoms with Crippen LogP contribution in [-0.2, 0) is 4.74 Å². The van der Waals surface area contributed by atoms with Crippen molar-refractivity contribution in [3.05, 3.63) is 57.7 Å². The summed E-state index contributed by atoms with van der Waals surface area (Å²) in [6.45, 7) is 0.527. The van der Waals surface area contributed by atoms with E-state index in [1.807, 2.05) is 30.3 Å². The van der Waals surface area contributed by atoms with Crippen LogP contribution in [0.4, 0.5) is 0 Å². The van der Waals surface area contributed by atoms with Crippen LogP contribution in [0.1, 0.15) is 10.4 Å². The Morgan fingerprint density at radius 3 is 2.52 bits per heavy atom. The van der Waals surface area contributed by atoms with Crippen molar-refractivity contribution >= 4 is 28.6 Å². The molecule has 0 unspecified atom stereocenters. The van der Waals surface area contributed by atoms with E-state index in [2.05, 4.69) is 22.6 Å². The average Bonchev–Trinajstić information content (AvgIpc) is 2.52. The van der Waals surface area contributed by atoms with Crippen LogP contribution in [0.25, 0.3) is 0 Å². The number of halogens is 1. The maximum absolute atomic E-state index is 11.9. The third kappa shape index (κ3) is 4.63. The molecule has 21 heavy (non-hydrogen) atoms. The summed E-state index contributed by atoms with van der Waals surface area (Å²) in [6, 6.07) is 14.6. The largest absolute Gasteiger partial charge is 0.496 e. The molecule has 0 N–H and O–H groups in total. The van der Waals surface area contributed by atoms with Crippen molar-refractivity contribution in [1.82, 2.24) is 0 Å². The summed E-state index contributed by atoms with van der Waals surface area (Å²) in [5, 5.41) is 0. The molecular weight excluding hydrogens is 383 g/mol. The molecule has 4 nitrogen and oxygen atoms in total. The number of rotatable bonds is 6. The predicted octanol–water partition coefficient (Wildman–Crippen LogP) is 3.54. The third-order valence-electron chi connectivity index (χ3n) is 2.72. The van der Waals surface area contributed by atoms with Crippen LogP contribution in [0.15, 0.2) is 48.5 Å². The Bertz CT molecular complexity index is 598. The highest BCUT2D eigenvalue weighted by Gasteiger charge is 2.10. The van der Waals surface area contributed by atoms with Crippen LogP contribution >= 0.6 is 22.6 Å². The highest BCUT2D eigenvalue weighted by molar-refractivity contribution is 14.1. The van der Waals surface area contributed by atoms with Gasteiger partial charge in [0.1, 0.15) is 24.7 Å². The maximum atomic E-state index is 11.9. The topological polar surface area (TPSA) is 44.8 Å². The standard InChI is InChI=1S/C16H15IO4/c1-19-15-8-7-12(11-14(15)17)16(18)21-10-9-20-13-5-3-2-4-6-13/h2-8,11H,9-10H2,1H3. The van der Waals surface area contributed by atoms with Crippen molar-refractivity contribution in [2.45, 2.75) is 0 Å². The van der Waals surface area contributed by atoms with E-state index in [1.54, 1.807) is 25.3 Å². The molecule has 2 aromatic carbocycles. The van der Waals surface area contributed by atoms with E-state index in [-0.39, 0.29) is 12.6 Å². The zero-order valence-corrected chi connectivity index (χ0v) is 13.7. The van der Waals surface area contributed by atoms with E-state index in [9.17, 15) is 4.79 Å². The van der Waals surface area contributed by atoms with Crippen LogP contribution in [-0.4, -0.2) is 26.3 Å². The van der Waals surface area contributed by atoms with Gasteiger partial charge in [-0.3, -0.25) is 0 Å². The average molecular weight is 398 g/mol. The molecule has 0 aliphatic rings. The second kappa shape index (κ2) is 7.87. The van der Waals surface area contributed by atoms with Gasteiger partial charge in [0.25, 0.3) is 0 Å². The summed E-state index contributed by atoms with van der Waals surface area (Å²) < 4.78 is 16.6. The number of para-hydroxylation sites is 1. The molecule has 5 heteroatoms. The first kappa shape index (κ1) is 15.6. The fourth-order valence-electron chi connectivity index (χ4n) is 1.69. The summed E-state index contributed by atoms with van der Waals surface area (Å²) in [5.74, 6) is 1.12. The number of methoxy groups -OCH3 is 1. The molecule has 0 atom stereocenters. The molecule has 0 heterocycles. The molecule has 2 aromatic rings. The minimum absolute atomic E-state index is 0.205. The van der Waals surface area contributed by atoms with Crippen LogP contribution in [0.3, 0.4) is 0 Å². The van der Waals surface area contributed by atoms with E-state index in [1.165, 1.54) is 0 Å². The number of hydrogen-bond donors (Lipinski definition) is 0. The van der Waals surface area contributed by atoms with Gasteiger partial charge < -0.3 is 14.2 Å². The lowest BCUT2D eigenvalue weighted by Crippen LogP contribution is -2.12. The fraction of sp³-hybridized carbons (Fsp3) is 0.188. The predicted molar refractivity (Wildman–Crippen MR) is 87.9 cm³/mol. The van der Waals surface area contributed by atoms with E-state index >= 15 is 0 Å². The van der Waals surface area contributed by atoms with Crippen molar-refractivity contribution in [3.63, 3.8) is 0 Å². The van der Waals surface area contributed by atoms with Crippen molar-refractivity contribution in [3.8, 4) is 11.5 Å². The van der Waals surface area contributed by atoms with Gasteiger partial charge in [0, 0.05) is 0 Å². The number of esters is 1. The quantitative estimate of drug-likeness (QED) is 0.424. The van der Waals surface area contributed by atoms with Crippen LogP contribution < -0.4 is 9.47 Å². The summed E-state index contributed by atoms with van der Waals surface area (Å²) in [6.07, 6.45) is 0. The highest BCUT2D eigenvalue weighted by atomic mass is 127. The molecule has 0 aliphatic carbocycles. The molecule has 0 spiro atoms. The third-order valence-corrected chi connectivity index (χ3v) is 3.56. The summed E-state index contributed by atoms with van der Waals surface area (Å²) >= 11 is 2.11. The SMILES string of the molecule is COc1ccc(C(=O)OCCOc2ccccc2)cc1I. The normalized spacial score (nSPS) is 10.0. The van der Waals surface area contributed by atoms with E-state index in [0.29, 0.717) is 12.2 Å². The number of carbonyl (C=O) groups excluding carboxylic acids is 1. The zero-order chi connectivity index (χ0) is 15.1. The summed E-state index contributed by atoms with van der Waals surface area (Å²) in [5.41, 5.74) is 0.500. The van der Waals surface area contributed by atoms with Gasteiger partial charge in [-0.1, -0.05) is 18.2 Å². The van der Waals surface area contributed by atoms with E-state index in [4.69, 9.17) is 14.2 Å². The lowest BCUT2D eigenvalue weighted by Gasteiger charge is -2.08. The molecule has 0 amide bonds. The number of carbonyl (C=O) groups is 1. The highest BCUT2D eigenvalue weighted by Crippen LogP contribution is 2.21. The number of ether oxygens (including phenoxy) is 3. The van der Waals surface area contributed by atoms with Crippen molar-refractivity contribution in [1.29, 1.82) is 0 Å². The van der Waals surface area contributed by atoms with Gasteiger partial charge >= 0.3 is 5.97 Å². The first-order chi connectivity index (χ1) is 10.2. The Morgan fingerprint density at radius 1 is 1.10 bits per heavy atom. The van der Waals surface area contributed by atoms with Crippen molar-refractivity contribution in [2.24, 2.45) is 0 Å². The van der Waals surface area contributed by atoms with E-state index in [0.717, 1.165) is 15.1 Å². The summed E-state index contributed by atoms with van der Waals surface area (Å²) in [4.78, 5) is 11.9. The van der Waals surface area contributed by atoms with Crippen molar-refractivity contribution in [2.75, 3.05) is 20.3 Å². The Balaban J connectivity index is 1.80. The van der Waals surface area contributed by atoms with Gasteiger partial charge in [-0.2, -0.15) is 0 Å². The second-order valence-corrected chi connectivity index (χ2v) is 5.31. The monoisotopic (exact) mass is 398 g/mol. The molecular formula is C16H15IO4. The first-order valence-electron chi connectivity index (χ1n) is 6.39. The van der Waals surface area contributed by atoms with Gasteiger partial charge in [0.05, 0.1) is 16.2 Å². The zero-order valence-electron chi connectivity index (χ0n) is 11.5. The van der Waals surface area contributed by atoms with E-state index < -0.39 is 0 Å². The molecule has 0 bridgehead atoms.